The third kappa shape index (κ3) is 2.77. The Labute approximate surface area is 133 Å². The molecule has 0 saturated heterocycles. The first kappa shape index (κ1) is 16.2. The summed E-state index contributed by atoms with van der Waals surface area (Å²) in [6.45, 7) is 4.18. The SMILES string of the molecule is CC(C)Cn1c2nc(=O)[nH]c(=O)c-2nc2cc(C(F)(F)F)ccc21. The molecule has 1 aromatic carbocycles. The molecule has 0 bridgehead atoms. The molecule has 0 aliphatic carbocycles. The van der Waals surface area contributed by atoms with Gasteiger partial charge in [-0.05, 0) is 24.1 Å². The first-order valence-electron chi connectivity index (χ1n) is 7.18. The zero-order valence-electron chi connectivity index (χ0n) is 12.8. The van der Waals surface area contributed by atoms with E-state index in [1.165, 1.54) is 6.07 Å². The van der Waals surface area contributed by atoms with Crippen LogP contribution < -0.4 is 11.2 Å². The van der Waals surface area contributed by atoms with E-state index in [0.717, 1.165) is 12.1 Å². The Morgan fingerprint density at radius 3 is 2.54 bits per heavy atom. The number of hydrogen-bond acceptors (Lipinski definition) is 4. The number of aromatic nitrogens is 4. The summed E-state index contributed by atoms with van der Waals surface area (Å²) in [6.07, 6.45) is -4.52. The van der Waals surface area contributed by atoms with Gasteiger partial charge in [0.2, 0.25) is 0 Å². The van der Waals surface area contributed by atoms with Gasteiger partial charge in [0.15, 0.2) is 11.5 Å². The lowest BCUT2D eigenvalue weighted by atomic mass is 10.1. The van der Waals surface area contributed by atoms with Crippen LogP contribution in [0.15, 0.2) is 27.8 Å². The molecule has 9 heteroatoms. The molecule has 2 heterocycles. The molecule has 3 rings (SSSR count). The van der Waals surface area contributed by atoms with E-state index in [9.17, 15) is 22.8 Å². The number of alkyl halides is 3. The topological polar surface area (TPSA) is 80.6 Å². The molecule has 2 aliphatic heterocycles. The van der Waals surface area contributed by atoms with E-state index in [1.54, 1.807) is 4.57 Å². The highest BCUT2D eigenvalue weighted by Gasteiger charge is 2.31. The van der Waals surface area contributed by atoms with Crippen molar-refractivity contribution in [2.75, 3.05) is 0 Å². The highest BCUT2D eigenvalue weighted by molar-refractivity contribution is 5.80. The van der Waals surface area contributed by atoms with Crippen molar-refractivity contribution >= 4 is 11.0 Å². The van der Waals surface area contributed by atoms with Gasteiger partial charge in [0.25, 0.3) is 5.56 Å². The fraction of sp³-hybridized carbons (Fsp3) is 0.333. The van der Waals surface area contributed by atoms with Gasteiger partial charge in [-0.3, -0.25) is 9.78 Å². The van der Waals surface area contributed by atoms with Crippen molar-refractivity contribution in [2.45, 2.75) is 26.6 Å². The van der Waals surface area contributed by atoms with Crippen molar-refractivity contribution in [1.29, 1.82) is 0 Å². The van der Waals surface area contributed by atoms with Crippen LogP contribution in [-0.2, 0) is 12.7 Å². The van der Waals surface area contributed by atoms with Crippen LogP contribution in [0, 0.1) is 5.92 Å². The van der Waals surface area contributed by atoms with E-state index in [1.807, 2.05) is 18.8 Å². The number of aromatic amines is 1. The molecule has 126 valence electrons. The third-order valence-electron chi connectivity index (χ3n) is 3.48. The quantitative estimate of drug-likeness (QED) is 0.727. The minimum Gasteiger partial charge on any atom is -0.322 e. The summed E-state index contributed by atoms with van der Waals surface area (Å²) in [5, 5.41) is 0. The van der Waals surface area contributed by atoms with Crippen LogP contribution in [0.25, 0.3) is 22.6 Å². The van der Waals surface area contributed by atoms with Crippen LogP contribution in [0.1, 0.15) is 19.4 Å². The van der Waals surface area contributed by atoms with E-state index in [2.05, 4.69) is 9.97 Å². The standard InChI is InChI=1S/C15H13F3N4O2/c1-7(2)6-22-10-4-3-8(15(16,17)18)5-9(10)19-11-12(22)20-14(24)21-13(11)23/h3-5,7H,6H2,1-2H3,(H,21,23,24). The minimum absolute atomic E-state index is 0.0175. The second kappa shape index (κ2) is 5.43. The summed E-state index contributed by atoms with van der Waals surface area (Å²) in [5.41, 5.74) is -2.23. The number of benzene rings is 1. The van der Waals surface area contributed by atoms with Gasteiger partial charge in [-0.1, -0.05) is 13.8 Å². The molecule has 0 spiro atoms. The second-order valence-corrected chi connectivity index (χ2v) is 5.86. The molecular formula is C15H13F3N4O2. The molecule has 0 unspecified atom stereocenters. The Morgan fingerprint density at radius 2 is 1.92 bits per heavy atom. The molecule has 24 heavy (non-hydrogen) atoms. The van der Waals surface area contributed by atoms with Crippen LogP contribution >= 0.6 is 0 Å². The van der Waals surface area contributed by atoms with Crippen molar-refractivity contribution < 1.29 is 13.2 Å². The van der Waals surface area contributed by atoms with Gasteiger partial charge in [0, 0.05) is 6.54 Å². The number of rotatable bonds is 2. The number of hydrogen-bond donors (Lipinski definition) is 1. The van der Waals surface area contributed by atoms with Gasteiger partial charge in [-0.15, -0.1) is 0 Å². The summed E-state index contributed by atoms with van der Waals surface area (Å²) in [5.74, 6) is 0.173. The Bertz CT molecular complexity index is 1000. The molecule has 1 aromatic rings. The van der Waals surface area contributed by atoms with Crippen molar-refractivity contribution in [2.24, 2.45) is 5.92 Å². The van der Waals surface area contributed by atoms with Crippen molar-refractivity contribution in [3.63, 3.8) is 0 Å². The van der Waals surface area contributed by atoms with Crippen LogP contribution in [0.2, 0.25) is 0 Å². The van der Waals surface area contributed by atoms with Gasteiger partial charge >= 0.3 is 11.9 Å². The molecule has 1 N–H and O–H groups in total. The predicted molar refractivity (Wildman–Crippen MR) is 80.9 cm³/mol. The smallest absolute Gasteiger partial charge is 0.322 e. The molecule has 0 atom stereocenters. The van der Waals surface area contributed by atoms with Gasteiger partial charge in [0.1, 0.15) is 0 Å². The Kier molecular flexibility index (Phi) is 3.66. The maximum Gasteiger partial charge on any atom is 0.416 e. The maximum absolute atomic E-state index is 12.9. The number of nitrogens with zero attached hydrogens (tertiary/aromatic N) is 3. The summed E-state index contributed by atoms with van der Waals surface area (Å²) < 4.78 is 40.3. The van der Waals surface area contributed by atoms with E-state index in [-0.39, 0.29) is 23.0 Å². The van der Waals surface area contributed by atoms with Crippen LogP contribution in [-0.4, -0.2) is 19.5 Å². The summed E-state index contributed by atoms with van der Waals surface area (Å²) in [7, 11) is 0. The number of H-pyrrole nitrogens is 1. The molecular weight excluding hydrogens is 325 g/mol. The van der Waals surface area contributed by atoms with Gasteiger partial charge < -0.3 is 4.57 Å². The van der Waals surface area contributed by atoms with Crippen molar-refractivity contribution in [3.8, 4) is 11.5 Å². The minimum atomic E-state index is -4.52. The average Bonchev–Trinajstić information content (AvgIpc) is 2.46. The highest BCUT2D eigenvalue weighted by Crippen LogP contribution is 2.32. The lowest BCUT2D eigenvalue weighted by Gasteiger charge is -2.19. The monoisotopic (exact) mass is 338 g/mol. The first-order valence-corrected chi connectivity index (χ1v) is 7.18. The number of nitrogens with one attached hydrogen (secondary N) is 1. The van der Waals surface area contributed by atoms with Gasteiger partial charge in [0.05, 0.1) is 16.6 Å². The Balaban J connectivity index is 2.44. The Hall–Kier alpha value is -2.71. The second-order valence-electron chi connectivity index (χ2n) is 5.86. The zero-order chi connectivity index (χ0) is 17.6. The first-order chi connectivity index (χ1) is 11.2. The number of fused-ring (bicyclic) bond motifs is 2. The molecule has 0 fully saturated rings. The fourth-order valence-electron chi connectivity index (χ4n) is 2.53. The third-order valence-corrected chi connectivity index (χ3v) is 3.48. The fourth-order valence-corrected chi connectivity index (χ4v) is 2.53. The zero-order valence-corrected chi connectivity index (χ0v) is 12.8. The van der Waals surface area contributed by atoms with Crippen LogP contribution in [0.4, 0.5) is 13.2 Å². The van der Waals surface area contributed by atoms with E-state index in [0.29, 0.717) is 12.1 Å². The summed E-state index contributed by atoms with van der Waals surface area (Å²) in [6, 6.07) is 3.11. The van der Waals surface area contributed by atoms with Crippen molar-refractivity contribution in [1.82, 2.24) is 19.5 Å². The van der Waals surface area contributed by atoms with Crippen molar-refractivity contribution in [3.05, 3.63) is 44.6 Å². The molecule has 6 nitrogen and oxygen atoms in total. The van der Waals surface area contributed by atoms with E-state index >= 15 is 0 Å². The largest absolute Gasteiger partial charge is 0.416 e. The molecule has 0 amide bonds. The van der Waals surface area contributed by atoms with Crippen LogP contribution in [0.3, 0.4) is 0 Å². The van der Waals surface area contributed by atoms with Crippen LogP contribution in [0.5, 0.6) is 0 Å². The summed E-state index contributed by atoms with van der Waals surface area (Å²) in [4.78, 5) is 33.2. The number of halogens is 3. The Morgan fingerprint density at radius 1 is 1.21 bits per heavy atom. The average molecular weight is 338 g/mol. The lowest BCUT2D eigenvalue weighted by molar-refractivity contribution is -0.137. The highest BCUT2D eigenvalue weighted by atomic mass is 19.4. The lowest BCUT2D eigenvalue weighted by Crippen LogP contribution is -2.29. The molecule has 2 aliphatic rings. The van der Waals surface area contributed by atoms with Gasteiger partial charge in [-0.2, -0.15) is 18.2 Å². The van der Waals surface area contributed by atoms with E-state index in [4.69, 9.17) is 0 Å². The summed E-state index contributed by atoms with van der Waals surface area (Å²) >= 11 is 0. The molecule has 0 saturated carbocycles. The van der Waals surface area contributed by atoms with Gasteiger partial charge in [-0.25, -0.2) is 9.78 Å². The predicted octanol–water partition coefficient (Wildman–Crippen LogP) is 2.26. The normalized spacial score (nSPS) is 12.4. The molecule has 0 aromatic heterocycles. The molecule has 0 radical (unpaired) electrons. The maximum atomic E-state index is 12.9. The van der Waals surface area contributed by atoms with E-state index < -0.39 is 23.0 Å².